The van der Waals surface area contributed by atoms with E-state index in [0.717, 1.165) is 11.1 Å². The van der Waals surface area contributed by atoms with Gasteiger partial charge in [-0.15, -0.1) is 0 Å². The molecular weight excluding hydrogens is 360 g/mol. The zero-order valence-electron chi connectivity index (χ0n) is 15.5. The molecule has 0 bridgehead atoms. The van der Waals surface area contributed by atoms with Crippen LogP contribution in [0.3, 0.4) is 0 Å². The van der Waals surface area contributed by atoms with Crippen molar-refractivity contribution >= 4 is 23.5 Å². The van der Waals surface area contributed by atoms with Crippen LogP contribution >= 0.6 is 0 Å². The topological polar surface area (TPSA) is 109 Å². The van der Waals surface area contributed by atoms with Crippen LogP contribution in [0.2, 0.25) is 0 Å². The van der Waals surface area contributed by atoms with Crippen LogP contribution in [0.1, 0.15) is 57.5 Å². The Morgan fingerprint density at radius 3 is 1.11 bits per heavy atom. The lowest BCUT2D eigenvalue weighted by Gasteiger charge is -2.50. The standard InChI is InChI=1S/C22H20O6/c1-11(23)17-18(12(2)24)20(14-5-9-16(10-6-14)22(27)28)19(17)13-3-7-15(8-4-13)21(25)26/h3-10,17-20H,1-2H3,(H,25,26)(H,27,28)/t17-,18?,19+,20?/m0/s1. The van der Waals surface area contributed by atoms with Crippen LogP contribution in [0.4, 0.5) is 0 Å². The van der Waals surface area contributed by atoms with E-state index in [-0.39, 0.29) is 34.5 Å². The van der Waals surface area contributed by atoms with Crippen LogP contribution in [0, 0.1) is 11.8 Å². The maximum atomic E-state index is 12.3. The molecule has 1 fully saturated rings. The molecule has 0 radical (unpaired) electrons. The first-order valence-corrected chi connectivity index (χ1v) is 8.89. The number of carbonyl (C=O) groups excluding carboxylic acids is 2. The molecule has 4 atom stereocenters. The summed E-state index contributed by atoms with van der Waals surface area (Å²) in [5.74, 6) is -3.78. The molecule has 0 aliphatic heterocycles. The van der Waals surface area contributed by atoms with Crippen LogP contribution in [0.25, 0.3) is 0 Å². The van der Waals surface area contributed by atoms with Gasteiger partial charge in [-0.05, 0) is 49.2 Å². The van der Waals surface area contributed by atoms with Crippen molar-refractivity contribution in [1.29, 1.82) is 0 Å². The van der Waals surface area contributed by atoms with E-state index in [4.69, 9.17) is 10.2 Å². The van der Waals surface area contributed by atoms with Gasteiger partial charge in [0.2, 0.25) is 0 Å². The Morgan fingerprint density at radius 1 is 0.607 bits per heavy atom. The van der Waals surface area contributed by atoms with E-state index in [1.54, 1.807) is 24.3 Å². The fraction of sp³-hybridized carbons (Fsp3) is 0.273. The van der Waals surface area contributed by atoms with Gasteiger partial charge in [0, 0.05) is 23.7 Å². The van der Waals surface area contributed by atoms with E-state index < -0.39 is 23.8 Å². The highest BCUT2D eigenvalue weighted by Crippen LogP contribution is 2.58. The first kappa shape index (κ1) is 19.5. The summed E-state index contributed by atoms with van der Waals surface area (Å²) in [5, 5.41) is 18.2. The summed E-state index contributed by atoms with van der Waals surface area (Å²) in [6.45, 7) is 2.92. The summed E-state index contributed by atoms with van der Waals surface area (Å²) in [6, 6.07) is 12.7. The Bertz CT molecular complexity index is 862. The minimum atomic E-state index is -1.04. The fourth-order valence-corrected chi connectivity index (χ4v) is 4.28. The molecule has 2 aromatic carbocycles. The SMILES string of the molecule is CC(=O)C1C(c2ccc(C(=O)O)cc2)[C@H](c2ccc(C(=O)O)cc2)[C@H]1C(C)=O. The number of aromatic carboxylic acids is 2. The number of carbonyl (C=O) groups is 4. The number of carboxylic acids is 2. The molecule has 0 heterocycles. The zero-order valence-corrected chi connectivity index (χ0v) is 15.5. The zero-order chi connectivity index (χ0) is 20.6. The minimum Gasteiger partial charge on any atom is -0.478 e. The van der Waals surface area contributed by atoms with E-state index in [1.165, 1.54) is 38.1 Å². The van der Waals surface area contributed by atoms with Gasteiger partial charge in [0.25, 0.3) is 0 Å². The molecule has 1 saturated carbocycles. The van der Waals surface area contributed by atoms with Gasteiger partial charge in [-0.25, -0.2) is 9.59 Å². The van der Waals surface area contributed by atoms with E-state index in [1.807, 2.05) is 0 Å². The third kappa shape index (κ3) is 3.33. The molecule has 0 saturated heterocycles. The van der Waals surface area contributed by atoms with Gasteiger partial charge in [0.05, 0.1) is 11.1 Å². The lowest BCUT2D eigenvalue weighted by atomic mass is 9.50. The first-order valence-electron chi connectivity index (χ1n) is 8.89. The average molecular weight is 380 g/mol. The smallest absolute Gasteiger partial charge is 0.335 e. The number of Topliss-reactive ketones (excluding diaryl/α,β-unsaturated/α-hetero) is 2. The van der Waals surface area contributed by atoms with Crippen molar-refractivity contribution in [3.63, 3.8) is 0 Å². The predicted molar refractivity (Wildman–Crippen MR) is 101 cm³/mol. The Labute approximate surface area is 161 Å². The van der Waals surface area contributed by atoms with Gasteiger partial charge >= 0.3 is 11.9 Å². The molecule has 1 aliphatic rings. The Hall–Kier alpha value is -3.28. The third-order valence-corrected chi connectivity index (χ3v) is 5.57. The minimum absolute atomic E-state index is 0.0917. The molecule has 144 valence electrons. The van der Waals surface area contributed by atoms with E-state index in [9.17, 15) is 19.2 Å². The molecule has 6 nitrogen and oxygen atoms in total. The molecular formula is C22H20O6. The number of benzene rings is 2. The lowest BCUT2D eigenvalue weighted by molar-refractivity contribution is -0.139. The first-order chi connectivity index (χ1) is 13.2. The van der Waals surface area contributed by atoms with Crippen molar-refractivity contribution in [1.82, 2.24) is 0 Å². The lowest BCUT2D eigenvalue weighted by Crippen LogP contribution is -2.50. The van der Waals surface area contributed by atoms with Gasteiger partial charge in [-0.1, -0.05) is 24.3 Å². The molecule has 2 aromatic rings. The van der Waals surface area contributed by atoms with Crippen molar-refractivity contribution in [2.45, 2.75) is 25.7 Å². The summed E-state index contributed by atoms with van der Waals surface area (Å²) < 4.78 is 0. The van der Waals surface area contributed by atoms with E-state index >= 15 is 0 Å². The van der Waals surface area contributed by atoms with Crippen molar-refractivity contribution in [2.24, 2.45) is 11.8 Å². The molecule has 0 spiro atoms. The van der Waals surface area contributed by atoms with Gasteiger partial charge in [0.15, 0.2) is 0 Å². The number of hydrogen-bond acceptors (Lipinski definition) is 4. The van der Waals surface area contributed by atoms with E-state index in [0.29, 0.717) is 0 Å². The number of carboxylic acid groups (broad SMARTS) is 2. The highest BCUT2D eigenvalue weighted by molar-refractivity contribution is 5.92. The highest BCUT2D eigenvalue weighted by atomic mass is 16.4. The van der Waals surface area contributed by atoms with Crippen molar-refractivity contribution in [2.75, 3.05) is 0 Å². The monoisotopic (exact) mass is 380 g/mol. The Kier molecular flexibility index (Phi) is 5.14. The van der Waals surface area contributed by atoms with Crippen LogP contribution in [-0.2, 0) is 9.59 Å². The quantitative estimate of drug-likeness (QED) is 0.795. The second kappa shape index (κ2) is 7.38. The van der Waals surface area contributed by atoms with Crippen molar-refractivity contribution < 1.29 is 29.4 Å². The second-order valence-electron chi connectivity index (χ2n) is 7.18. The number of rotatable bonds is 6. The van der Waals surface area contributed by atoms with Crippen molar-refractivity contribution in [3.8, 4) is 0 Å². The van der Waals surface area contributed by atoms with E-state index in [2.05, 4.69) is 0 Å². The Balaban J connectivity index is 2.04. The predicted octanol–water partition coefficient (Wildman–Crippen LogP) is 3.37. The van der Waals surface area contributed by atoms with Gasteiger partial charge in [0.1, 0.15) is 11.6 Å². The molecule has 2 unspecified atom stereocenters. The molecule has 3 rings (SSSR count). The largest absolute Gasteiger partial charge is 0.478 e. The number of ketones is 2. The average Bonchev–Trinajstić information content (AvgIpc) is 2.61. The summed E-state index contributed by atoms with van der Waals surface area (Å²) in [5.41, 5.74) is 1.87. The fourth-order valence-electron chi connectivity index (χ4n) is 4.28. The summed E-state index contributed by atoms with van der Waals surface area (Å²) in [7, 11) is 0. The molecule has 0 aromatic heterocycles. The molecule has 28 heavy (non-hydrogen) atoms. The normalized spacial score (nSPS) is 23.5. The molecule has 0 amide bonds. The highest BCUT2D eigenvalue weighted by Gasteiger charge is 2.55. The maximum Gasteiger partial charge on any atom is 0.335 e. The van der Waals surface area contributed by atoms with Gasteiger partial charge in [-0.2, -0.15) is 0 Å². The van der Waals surface area contributed by atoms with Crippen LogP contribution in [0.15, 0.2) is 48.5 Å². The summed E-state index contributed by atoms with van der Waals surface area (Å²) in [6.07, 6.45) is 0. The summed E-state index contributed by atoms with van der Waals surface area (Å²) in [4.78, 5) is 46.8. The Morgan fingerprint density at radius 2 is 0.893 bits per heavy atom. The molecule has 2 N–H and O–H groups in total. The van der Waals surface area contributed by atoms with Gasteiger partial charge < -0.3 is 10.2 Å². The summed E-state index contributed by atoms with van der Waals surface area (Å²) >= 11 is 0. The molecule has 1 aliphatic carbocycles. The van der Waals surface area contributed by atoms with Crippen LogP contribution in [-0.4, -0.2) is 33.7 Å². The van der Waals surface area contributed by atoms with Crippen LogP contribution in [0.5, 0.6) is 0 Å². The maximum absolute atomic E-state index is 12.3. The van der Waals surface area contributed by atoms with Gasteiger partial charge in [-0.3, -0.25) is 9.59 Å². The number of hydrogen-bond donors (Lipinski definition) is 2. The van der Waals surface area contributed by atoms with Crippen LogP contribution < -0.4 is 0 Å². The third-order valence-electron chi connectivity index (χ3n) is 5.57. The van der Waals surface area contributed by atoms with Crippen molar-refractivity contribution in [3.05, 3.63) is 70.8 Å². The molecule has 6 heteroatoms. The second-order valence-corrected chi connectivity index (χ2v) is 7.18.